The Balaban J connectivity index is 1.30. The largest absolute Gasteiger partial charge is 0.338 e. The van der Waals surface area contributed by atoms with Gasteiger partial charge in [0, 0.05) is 16.9 Å². The van der Waals surface area contributed by atoms with Crippen LogP contribution >= 0.6 is 0 Å². The highest BCUT2D eigenvalue weighted by molar-refractivity contribution is 6.01. The number of hydrogen-bond acceptors (Lipinski definition) is 3. The molecule has 4 nitrogen and oxygen atoms in total. The number of hydrogen-bond donors (Lipinski definition) is 1. The Labute approximate surface area is 216 Å². The van der Waals surface area contributed by atoms with Crippen LogP contribution in [-0.2, 0) is 0 Å². The van der Waals surface area contributed by atoms with E-state index >= 15 is 0 Å². The first-order valence-corrected chi connectivity index (χ1v) is 12.4. The zero-order valence-corrected chi connectivity index (χ0v) is 20.1. The summed E-state index contributed by atoms with van der Waals surface area (Å²) in [6.45, 7) is 0. The molecule has 37 heavy (non-hydrogen) atoms. The van der Waals surface area contributed by atoms with Crippen molar-refractivity contribution >= 4 is 34.1 Å². The van der Waals surface area contributed by atoms with Gasteiger partial charge in [-0.05, 0) is 54.1 Å². The van der Waals surface area contributed by atoms with Gasteiger partial charge in [-0.3, -0.25) is 0 Å². The molecule has 0 fully saturated rings. The third-order valence-corrected chi connectivity index (χ3v) is 6.80. The van der Waals surface area contributed by atoms with Crippen LogP contribution in [0, 0.1) is 0 Å². The van der Waals surface area contributed by atoms with Crippen LogP contribution in [0.15, 0.2) is 140 Å². The highest BCUT2D eigenvalue weighted by atomic mass is 15.3. The summed E-state index contributed by atoms with van der Waals surface area (Å²) in [6, 6.07) is 46.6. The minimum Gasteiger partial charge on any atom is -0.338 e. The number of nitrogens with zero attached hydrogens (tertiary/aromatic N) is 3. The first kappa shape index (κ1) is 21.2. The maximum Gasteiger partial charge on any atom is 0.137 e. The average Bonchev–Trinajstić information content (AvgIpc) is 3.47. The molecule has 1 aliphatic heterocycles. The molecule has 0 saturated carbocycles. The van der Waals surface area contributed by atoms with Crippen molar-refractivity contribution in [2.75, 3.05) is 9.80 Å². The summed E-state index contributed by atoms with van der Waals surface area (Å²) in [7, 11) is 0. The smallest absolute Gasteiger partial charge is 0.137 e. The number of aromatic nitrogens is 2. The van der Waals surface area contributed by atoms with Crippen LogP contribution in [0.25, 0.3) is 22.6 Å². The first-order valence-electron chi connectivity index (χ1n) is 12.4. The molecule has 176 valence electrons. The van der Waals surface area contributed by atoms with Gasteiger partial charge in [-0.1, -0.05) is 84.9 Å². The number of rotatable bonds is 4. The van der Waals surface area contributed by atoms with Crippen LogP contribution in [0.5, 0.6) is 0 Å². The fourth-order valence-corrected chi connectivity index (χ4v) is 5.08. The average molecular weight is 477 g/mol. The van der Waals surface area contributed by atoms with Crippen molar-refractivity contribution in [3.8, 4) is 22.6 Å². The predicted molar refractivity (Wildman–Crippen MR) is 152 cm³/mol. The van der Waals surface area contributed by atoms with Gasteiger partial charge in [-0.25, -0.2) is 4.98 Å². The number of benzene rings is 5. The molecule has 1 N–H and O–H groups in total. The first-order chi connectivity index (χ1) is 18.4. The van der Waals surface area contributed by atoms with Crippen LogP contribution in [0.2, 0.25) is 0 Å². The molecule has 2 heterocycles. The van der Waals surface area contributed by atoms with E-state index in [1.54, 1.807) is 0 Å². The Kier molecular flexibility index (Phi) is 5.07. The number of aromatic amines is 1. The number of nitrogens with one attached hydrogen (secondary N) is 1. The van der Waals surface area contributed by atoms with Gasteiger partial charge in [0.1, 0.15) is 5.82 Å². The Morgan fingerprint density at radius 3 is 1.43 bits per heavy atom. The van der Waals surface area contributed by atoms with E-state index in [1.807, 2.05) is 24.4 Å². The summed E-state index contributed by atoms with van der Waals surface area (Å²) >= 11 is 0. The van der Waals surface area contributed by atoms with E-state index in [1.165, 1.54) is 0 Å². The number of para-hydroxylation sites is 5. The molecule has 0 spiro atoms. The summed E-state index contributed by atoms with van der Waals surface area (Å²) in [4.78, 5) is 12.8. The number of anilines is 6. The summed E-state index contributed by atoms with van der Waals surface area (Å²) in [5.41, 5.74) is 10.0. The lowest BCUT2D eigenvalue weighted by Crippen LogP contribution is -2.23. The minimum atomic E-state index is 0.875. The van der Waals surface area contributed by atoms with Gasteiger partial charge in [-0.15, -0.1) is 0 Å². The lowest BCUT2D eigenvalue weighted by atomic mass is 10.0. The zero-order valence-electron chi connectivity index (χ0n) is 20.1. The van der Waals surface area contributed by atoms with E-state index in [0.717, 1.165) is 56.8 Å². The van der Waals surface area contributed by atoms with E-state index in [0.29, 0.717) is 0 Å². The van der Waals surface area contributed by atoms with Gasteiger partial charge in [0.05, 0.1) is 34.6 Å². The maximum absolute atomic E-state index is 4.60. The van der Waals surface area contributed by atoms with Gasteiger partial charge in [0.25, 0.3) is 0 Å². The molecule has 0 bridgehead atoms. The number of imidazole rings is 1. The Hall–Kier alpha value is -5.09. The molecule has 0 unspecified atom stereocenters. The topological polar surface area (TPSA) is 35.2 Å². The van der Waals surface area contributed by atoms with E-state index < -0.39 is 0 Å². The monoisotopic (exact) mass is 476 g/mol. The molecule has 0 saturated heterocycles. The Bertz CT molecular complexity index is 1620. The lowest BCUT2D eigenvalue weighted by molar-refractivity contribution is 1.17. The van der Waals surface area contributed by atoms with Crippen molar-refractivity contribution in [2.24, 2.45) is 0 Å². The van der Waals surface area contributed by atoms with Gasteiger partial charge in [0.2, 0.25) is 0 Å². The fraction of sp³-hybridized carbons (Fsp3) is 0. The minimum absolute atomic E-state index is 0.875. The molecular formula is C33H24N4. The van der Waals surface area contributed by atoms with E-state index in [2.05, 4.69) is 135 Å². The molecule has 1 aliphatic rings. The Morgan fingerprint density at radius 1 is 0.432 bits per heavy atom. The van der Waals surface area contributed by atoms with Crippen molar-refractivity contribution in [1.82, 2.24) is 9.97 Å². The quantitative estimate of drug-likeness (QED) is 0.275. The molecule has 0 radical (unpaired) electrons. The highest BCUT2D eigenvalue weighted by Crippen LogP contribution is 2.53. The van der Waals surface area contributed by atoms with Crippen molar-refractivity contribution in [2.45, 2.75) is 0 Å². The summed E-state index contributed by atoms with van der Waals surface area (Å²) < 4.78 is 0. The normalized spacial score (nSPS) is 12.2. The van der Waals surface area contributed by atoms with Crippen LogP contribution < -0.4 is 9.80 Å². The zero-order chi connectivity index (χ0) is 24.6. The summed E-state index contributed by atoms with van der Waals surface area (Å²) in [6.07, 6.45) is 1.90. The van der Waals surface area contributed by atoms with Crippen molar-refractivity contribution in [1.29, 1.82) is 0 Å². The third kappa shape index (κ3) is 3.67. The molecule has 7 rings (SSSR count). The molecule has 0 atom stereocenters. The molecule has 4 heteroatoms. The Morgan fingerprint density at radius 2 is 0.892 bits per heavy atom. The molecule has 0 amide bonds. The maximum atomic E-state index is 4.60. The van der Waals surface area contributed by atoms with E-state index in [9.17, 15) is 0 Å². The van der Waals surface area contributed by atoms with Gasteiger partial charge >= 0.3 is 0 Å². The van der Waals surface area contributed by atoms with Crippen LogP contribution in [0.3, 0.4) is 0 Å². The number of fused-ring (bicyclic) bond motifs is 2. The van der Waals surface area contributed by atoms with Gasteiger partial charge in [-0.2, -0.15) is 0 Å². The predicted octanol–water partition coefficient (Wildman–Crippen LogP) is 9.00. The SMILES string of the molecule is c1ccc(-c2ncc(-c3ccc(N4c5ccccc5N(c5ccccc5)c5ccccc54)cc3)[nH]2)cc1. The van der Waals surface area contributed by atoms with Crippen molar-refractivity contribution in [3.05, 3.63) is 140 Å². The van der Waals surface area contributed by atoms with Crippen LogP contribution in [0.4, 0.5) is 34.1 Å². The second-order valence-corrected chi connectivity index (χ2v) is 9.04. The standard InChI is InChI=1S/C33H24N4/c1-3-11-25(12-4-1)33-34-23-28(35-33)24-19-21-27(22-20-24)37-31-17-9-7-15-29(31)36(26-13-5-2-6-14-26)30-16-8-10-18-32(30)37/h1-23H,(H,34,35). The second-order valence-electron chi connectivity index (χ2n) is 9.04. The molecule has 1 aromatic heterocycles. The lowest BCUT2D eigenvalue weighted by Gasteiger charge is -2.40. The summed E-state index contributed by atoms with van der Waals surface area (Å²) in [5.74, 6) is 0.875. The van der Waals surface area contributed by atoms with Gasteiger partial charge < -0.3 is 14.8 Å². The molecule has 0 aliphatic carbocycles. The third-order valence-electron chi connectivity index (χ3n) is 6.80. The highest BCUT2D eigenvalue weighted by Gasteiger charge is 2.29. The molecular weight excluding hydrogens is 452 g/mol. The van der Waals surface area contributed by atoms with E-state index in [-0.39, 0.29) is 0 Å². The molecule has 6 aromatic rings. The number of H-pyrrole nitrogens is 1. The van der Waals surface area contributed by atoms with Gasteiger partial charge in [0.15, 0.2) is 0 Å². The molecule has 5 aromatic carbocycles. The van der Waals surface area contributed by atoms with E-state index in [4.69, 9.17) is 0 Å². The van der Waals surface area contributed by atoms with Crippen molar-refractivity contribution < 1.29 is 0 Å². The van der Waals surface area contributed by atoms with Crippen molar-refractivity contribution in [3.63, 3.8) is 0 Å². The summed E-state index contributed by atoms with van der Waals surface area (Å²) in [5, 5.41) is 0. The fourth-order valence-electron chi connectivity index (χ4n) is 5.08. The second kappa shape index (κ2) is 8.85. The van der Waals surface area contributed by atoms with Crippen LogP contribution in [-0.4, -0.2) is 9.97 Å². The van der Waals surface area contributed by atoms with Crippen LogP contribution in [0.1, 0.15) is 0 Å².